The first-order valence-corrected chi connectivity index (χ1v) is 10.8. The number of nitrogens with one attached hydrogen (secondary N) is 3. The number of ether oxygens (including phenoxy) is 1. The monoisotopic (exact) mass is 577 g/mol. The normalized spacial score (nSPS) is 10.7. The predicted octanol–water partition coefficient (Wildman–Crippen LogP) is 4.29. The van der Waals surface area contributed by atoms with Crippen molar-refractivity contribution in [1.82, 2.24) is 20.9 Å². The number of halogens is 2. The van der Waals surface area contributed by atoms with Crippen LogP contribution in [0.3, 0.4) is 0 Å². The highest BCUT2D eigenvalue weighted by Gasteiger charge is 2.07. The van der Waals surface area contributed by atoms with Gasteiger partial charge in [-0.15, -0.1) is 24.0 Å². The van der Waals surface area contributed by atoms with E-state index in [1.165, 1.54) is 12.3 Å². The van der Waals surface area contributed by atoms with Crippen LogP contribution in [0.15, 0.2) is 72.0 Å². The van der Waals surface area contributed by atoms with Crippen LogP contribution in [0.4, 0.5) is 4.39 Å². The first kappa shape index (κ1) is 27.0. The van der Waals surface area contributed by atoms with Gasteiger partial charge < -0.3 is 20.7 Å². The number of carbonyl (C=O) groups is 1. The van der Waals surface area contributed by atoms with Crippen molar-refractivity contribution in [3.63, 3.8) is 0 Å². The third-order valence-electron chi connectivity index (χ3n) is 4.74. The Morgan fingerprint density at radius 3 is 2.65 bits per heavy atom. The molecule has 0 aliphatic heterocycles. The van der Waals surface area contributed by atoms with Crippen molar-refractivity contribution in [2.24, 2.45) is 4.99 Å². The van der Waals surface area contributed by atoms with E-state index in [2.05, 4.69) is 25.9 Å². The first-order chi connectivity index (χ1) is 16.1. The summed E-state index contributed by atoms with van der Waals surface area (Å²) in [4.78, 5) is 20.3. The van der Waals surface area contributed by atoms with Crippen LogP contribution >= 0.6 is 24.0 Å². The lowest BCUT2D eigenvalue weighted by molar-refractivity contribution is 0.0963. The van der Waals surface area contributed by atoms with Gasteiger partial charge in [0.2, 0.25) is 0 Å². The SMILES string of the molecule is CCNC(=NCc1ccc(Oc2cccnc2)c(F)c1)NCCc1cccc(C(=O)NC)c1.I. The molecule has 0 aliphatic rings. The second-order valence-corrected chi connectivity index (χ2v) is 7.21. The number of carbonyl (C=O) groups excluding carboxylic acids is 1. The van der Waals surface area contributed by atoms with Crippen LogP contribution in [0.1, 0.15) is 28.4 Å². The zero-order valence-corrected chi connectivity index (χ0v) is 21.5. The van der Waals surface area contributed by atoms with Crippen LogP contribution in [0.25, 0.3) is 0 Å². The van der Waals surface area contributed by atoms with Crippen molar-refractivity contribution >= 4 is 35.8 Å². The summed E-state index contributed by atoms with van der Waals surface area (Å²) in [5.41, 5.74) is 2.40. The summed E-state index contributed by atoms with van der Waals surface area (Å²) in [5, 5.41) is 9.09. The average molecular weight is 577 g/mol. The van der Waals surface area contributed by atoms with Gasteiger partial charge in [-0.3, -0.25) is 9.78 Å². The summed E-state index contributed by atoms with van der Waals surface area (Å²) in [6.45, 7) is 3.62. The number of pyridine rings is 1. The highest BCUT2D eigenvalue weighted by atomic mass is 127. The van der Waals surface area contributed by atoms with E-state index in [0.717, 1.165) is 17.5 Å². The smallest absolute Gasteiger partial charge is 0.251 e. The highest BCUT2D eigenvalue weighted by Crippen LogP contribution is 2.24. The van der Waals surface area contributed by atoms with Gasteiger partial charge in [0.1, 0.15) is 5.75 Å². The van der Waals surface area contributed by atoms with E-state index < -0.39 is 5.82 Å². The third kappa shape index (κ3) is 8.29. The Hall–Kier alpha value is -3.21. The average Bonchev–Trinajstić information content (AvgIpc) is 2.84. The minimum absolute atomic E-state index is 0. The summed E-state index contributed by atoms with van der Waals surface area (Å²) < 4.78 is 20.0. The number of guanidine groups is 1. The Balaban J connectivity index is 0.00000408. The molecule has 0 fully saturated rings. The number of hydrogen-bond donors (Lipinski definition) is 3. The van der Waals surface area contributed by atoms with Gasteiger partial charge in [-0.05, 0) is 60.9 Å². The lowest BCUT2D eigenvalue weighted by Gasteiger charge is -2.12. The Bertz CT molecular complexity index is 1100. The molecule has 180 valence electrons. The van der Waals surface area contributed by atoms with Gasteiger partial charge in [0.15, 0.2) is 17.5 Å². The lowest BCUT2D eigenvalue weighted by Crippen LogP contribution is -2.38. The minimum atomic E-state index is -0.458. The fraction of sp³-hybridized carbons (Fsp3) is 0.240. The second-order valence-electron chi connectivity index (χ2n) is 7.21. The molecular formula is C25H29FIN5O2. The maximum Gasteiger partial charge on any atom is 0.251 e. The van der Waals surface area contributed by atoms with Crippen LogP contribution < -0.4 is 20.7 Å². The number of rotatable bonds is 9. The lowest BCUT2D eigenvalue weighted by atomic mass is 10.1. The number of aliphatic imine (C=N–C) groups is 1. The second kappa shape index (κ2) is 14.1. The van der Waals surface area contributed by atoms with E-state index in [1.807, 2.05) is 25.1 Å². The highest BCUT2D eigenvalue weighted by molar-refractivity contribution is 14.0. The summed E-state index contributed by atoms with van der Waals surface area (Å²) in [6, 6.07) is 15.8. The first-order valence-electron chi connectivity index (χ1n) is 10.8. The molecule has 7 nitrogen and oxygen atoms in total. The van der Waals surface area contributed by atoms with Crippen LogP contribution in [0.5, 0.6) is 11.5 Å². The molecule has 0 unspecified atom stereocenters. The van der Waals surface area contributed by atoms with Crippen LogP contribution in [0.2, 0.25) is 0 Å². The van der Waals surface area contributed by atoms with Gasteiger partial charge in [-0.1, -0.05) is 18.2 Å². The number of nitrogens with zero attached hydrogens (tertiary/aromatic N) is 2. The molecule has 3 N–H and O–H groups in total. The van der Waals surface area contributed by atoms with E-state index >= 15 is 0 Å². The number of aromatic nitrogens is 1. The molecular weight excluding hydrogens is 548 g/mol. The molecule has 3 rings (SSSR count). The predicted molar refractivity (Wildman–Crippen MR) is 142 cm³/mol. The quantitative estimate of drug-likeness (QED) is 0.201. The van der Waals surface area contributed by atoms with Crippen LogP contribution in [-0.4, -0.2) is 37.0 Å². The largest absolute Gasteiger partial charge is 0.453 e. The summed E-state index contributed by atoms with van der Waals surface area (Å²) in [7, 11) is 1.61. The molecule has 9 heteroatoms. The van der Waals surface area contributed by atoms with Crippen LogP contribution in [0, 0.1) is 5.82 Å². The number of hydrogen-bond acceptors (Lipinski definition) is 4. The van der Waals surface area contributed by atoms with Crippen molar-refractivity contribution in [1.29, 1.82) is 0 Å². The molecule has 0 aliphatic carbocycles. The summed E-state index contributed by atoms with van der Waals surface area (Å²) >= 11 is 0. The van der Waals surface area contributed by atoms with E-state index in [1.54, 1.807) is 43.6 Å². The molecule has 0 spiro atoms. The Kier molecular flexibility index (Phi) is 11.2. The van der Waals surface area contributed by atoms with Gasteiger partial charge in [0, 0.05) is 31.9 Å². The van der Waals surface area contributed by atoms with Crippen molar-refractivity contribution < 1.29 is 13.9 Å². The molecule has 0 atom stereocenters. The maximum atomic E-state index is 14.5. The van der Waals surface area contributed by atoms with Crippen molar-refractivity contribution in [2.45, 2.75) is 19.9 Å². The van der Waals surface area contributed by atoms with Crippen molar-refractivity contribution in [3.05, 3.63) is 89.5 Å². The molecule has 1 amide bonds. The van der Waals surface area contributed by atoms with E-state index in [-0.39, 0.29) is 35.6 Å². The van der Waals surface area contributed by atoms with Crippen LogP contribution in [-0.2, 0) is 13.0 Å². The van der Waals surface area contributed by atoms with E-state index in [0.29, 0.717) is 36.9 Å². The van der Waals surface area contributed by atoms with E-state index in [4.69, 9.17) is 4.74 Å². The van der Waals surface area contributed by atoms with E-state index in [9.17, 15) is 9.18 Å². The van der Waals surface area contributed by atoms with Crippen molar-refractivity contribution in [2.75, 3.05) is 20.1 Å². The fourth-order valence-corrected chi connectivity index (χ4v) is 3.11. The van der Waals surface area contributed by atoms with Gasteiger partial charge >= 0.3 is 0 Å². The zero-order chi connectivity index (χ0) is 23.5. The Labute approximate surface area is 216 Å². The maximum absolute atomic E-state index is 14.5. The molecule has 0 radical (unpaired) electrons. The fourth-order valence-electron chi connectivity index (χ4n) is 3.11. The summed E-state index contributed by atoms with van der Waals surface area (Å²) in [6.07, 6.45) is 3.88. The molecule has 0 saturated carbocycles. The Morgan fingerprint density at radius 1 is 1.09 bits per heavy atom. The Morgan fingerprint density at radius 2 is 1.94 bits per heavy atom. The molecule has 1 aromatic heterocycles. The topological polar surface area (TPSA) is 87.6 Å². The minimum Gasteiger partial charge on any atom is -0.453 e. The standard InChI is InChI=1S/C25H28FN5O2.HI/c1-3-29-25(30-13-11-18-6-4-7-20(14-18)24(32)27-2)31-16-19-9-10-23(22(26)15-19)33-21-8-5-12-28-17-21;/h4-10,12,14-15,17H,3,11,13,16H2,1-2H3,(H,27,32)(H2,29,30,31);1H. The van der Waals surface area contributed by atoms with Crippen molar-refractivity contribution in [3.8, 4) is 11.5 Å². The molecule has 34 heavy (non-hydrogen) atoms. The molecule has 1 heterocycles. The van der Waals surface area contributed by atoms with Gasteiger partial charge in [0.05, 0.1) is 12.7 Å². The molecule has 0 saturated heterocycles. The van der Waals surface area contributed by atoms with Gasteiger partial charge in [-0.2, -0.15) is 0 Å². The molecule has 0 bridgehead atoms. The number of amides is 1. The van der Waals surface area contributed by atoms with Gasteiger partial charge in [-0.25, -0.2) is 9.38 Å². The molecule has 3 aromatic rings. The third-order valence-corrected chi connectivity index (χ3v) is 4.74. The number of benzene rings is 2. The van der Waals surface area contributed by atoms with Gasteiger partial charge in [0.25, 0.3) is 5.91 Å². The zero-order valence-electron chi connectivity index (χ0n) is 19.2. The molecule has 2 aromatic carbocycles. The summed E-state index contributed by atoms with van der Waals surface area (Å²) in [5.74, 6) is 0.682.